The third-order valence-electron chi connectivity index (χ3n) is 3.71. The Kier molecular flexibility index (Phi) is 3.80. The zero-order chi connectivity index (χ0) is 13.1. The first-order valence-corrected chi connectivity index (χ1v) is 6.44. The van der Waals surface area contributed by atoms with E-state index < -0.39 is 0 Å². The van der Waals surface area contributed by atoms with E-state index in [0.717, 1.165) is 37.2 Å². The summed E-state index contributed by atoms with van der Waals surface area (Å²) < 4.78 is 0. The van der Waals surface area contributed by atoms with Gasteiger partial charge in [0.1, 0.15) is 5.78 Å². The Hall–Kier alpha value is -1.64. The van der Waals surface area contributed by atoms with Crippen LogP contribution in [0.5, 0.6) is 0 Å². The molecule has 0 N–H and O–H groups in total. The van der Waals surface area contributed by atoms with Gasteiger partial charge in [-0.3, -0.25) is 9.59 Å². The van der Waals surface area contributed by atoms with E-state index in [1.54, 1.807) is 13.8 Å². The molecule has 1 aromatic rings. The minimum Gasteiger partial charge on any atom is -0.371 e. The van der Waals surface area contributed by atoms with E-state index in [4.69, 9.17) is 0 Å². The second kappa shape index (κ2) is 5.34. The second-order valence-electron chi connectivity index (χ2n) is 4.98. The number of carbonyl (C=O) groups excluding carboxylic acids is 2. The van der Waals surface area contributed by atoms with Crippen LogP contribution in [0, 0.1) is 5.92 Å². The molecule has 0 atom stereocenters. The van der Waals surface area contributed by atoms with E-state index in [-0.39, 0.29) is 11.7 Å². The Morgan fingerprint density at radius 2 is 1.61 bits per heavy atom. The van der Waals surface area contributed by atoms with Crippen molar-refractivity contribution in [2.75, 3.05) is 18.0 Å². The van der Waals surface area contributed by atoms with Crippen LogP contribution in [-0.2, 0) is 4.79 Å². The molecule has 0 amide bonds. The molecule has 2 rings (SSSR count). The molecule has 0 unspecified atom stereocenters. The maximum atomic E-state index is 11.3. The minimum absolute atomic E-state index is 0.0943. The second-order valence-corrected chi connectivity index (χ2v) is 4.98. The normalized spacial score (nSPS) is 16.7. The molecule has 1 saturated heterocycles. The van der Waals surface area contributed by atoms with Crippen molar-refractivity contribution in [2.24, 2.45) is 5.92 Å². The van der Waals surface area contributed by atoms with Crippen molar-refractivity contribution in [1.29, 1.82) is 0 Å². The Morgan fingerprint density at radius 3 is 2.06 bits per heavy atom. The van der Waals surface area contributed by atoms with Crippen LogP contribution in [0.1, 0.15) is 37.0 Å². The number of hydrogen-bond donors (Lipinski definition) is 0. The Morgan fingerprint density at radius 1 is 1.06 bits per heavy atom. The number of carbonyl (C=O) groups is 2. The van der Waals surface area contributed by atoms with Crippen LogP contribution >= 0.6 is 0 Å². The Balaban J connectivity index is 2.01. The average molecular weight is 245 g/mol. The highest BCUT2D eigenvalue weighted by Crippen LogP contribution is 2.24. The van der Waals surface area contributed by atoms with Gasteiger partial charge in [0, 0.05) is 30.3 Å². The van der Waals surface area contributed by atoms with Crippen LogP contribution in [0.15, 0.2) is 24.3 Å². The van der Waals surface area contributed by atoms with Gasteiger partial charge in [0.25, 0.3) is 0 Å². The molecule has 0 spiro atoms. The summed E-state index contributed by atoms with van der Waals surface area (Å²) in [5.74, 6) is 0.635. The molecule has 0 aromatic heterocycles. The summed E-state index contributed by atoms with van der Waals surface area (Å²) in [5, 5.41) is 0. The average Bonchev–Trinajstić information content (AvgIpc) is 2.39. The molecule has 0 radical (unpaired) electrons. The van der Waals surface area contributed by atoms with E-state index in [0.29, 0.717) is 5.78 Å². The SMILES string of the molecule is CC(=O)c1ccc(N2CCC(C(C)=O)CC2)cc1. The maximum absolute atomic E-state index is 11.3. The third-order valence-corrected chi connectivity index (χ3v) is 3.71. The number of nitrogens with zero attached hydrogens (tertiary/aromatic N) is 1. The van der Waals surface area contributed by atoms with E-state index >= 15 is 0 Å². The largest absolute Gasteiger partial charge is 0.371 e. The first-order valence-electron chi connectivity index (χ1n) is 6.44. The van der Waals surface area contributed by atoms with Crippen molar-refractivity contribution < 1.29 is 9.59 Å². The highest BCUT2D eigenvalue weighted by Gasteiger charge is 2.22. The lowest BCUT2D eigenvalue weighted by Gasteiger charge is -2.32. The summed E-state index contributed by atoms with van der Waals surface area (Å²) in [6, 6.07) is 7.72. The number of hydrogen-bond acceptors (Lipinski definition) is 3. The van der Waals surface area contributed by atoms with E-state index in [1.807, 2.05) is 24.3 Å². The van der Waals surface area contributed by atoms with Crippen molar-refractivity contribution in [1.82, 2.24) is 0 Å². The maximum Gasteiger partial charge on any atom is 0.159 e. The zero-order valence-corrected chi connectivity index (χ0v) is 11.0. The highest BCUT2D eigenvalue weighted by molar-refractivity contribution is 5.94. The summed E-state index contributed by atoms with van der Waals surface area (Å²) in [4.78, 5) is 24.8. The van der Waals surface area contributed by atoms with Crippen LogP contribution in [-0.4, -0.2) is 24.7 Å². The molecule has 1 aliphatic heterocycles. The van der Waals surface area contributed by atoms with Gasteiger partial charge in [-0.15, -0.1) is 0 Å². The highest BCUT2D eigenvalue weighted by atomic mass is 16.1. The molecule has 3 nitrogen and oxygen atoms in total. The lowest BCUT2D eigenvalue weighted by atomic mass is 9.93. The van der Waals surface area contributed by atoms with Gasteiger partial charge in [-0.2, -0.15) is 0 Å². The van der Waals surface area contributed by atoms with Crippen LogP contribution in [0.4, 0.5) is 5.69 Å². The molecule has 96 valence electrons. The van der Waals surface area contributed by atoms with Gasteiger partial charge in [0.2, 0.25) is 0 Å². The molecule has 1 aliphatic rings. The quantitative estimate of drug-likeness (QED) is 0.768. The number of benzene rings is 1. The summed E-state index contributed by atoms with van der Waals surface area (Å²) in [6.45, 7) is 5.10. The van der Waals surface area contributed by atoms with Gasteiger partial charge >= 0.3 is 0 Å². The van der Waals surface area contributed by atoms with Crippen LogP contribution in [0.2, 0.25) is 0 Å². The van der Waals surface area contributed by atoms with Crippen molar-refractivity contribution in [3.05, 3.63) is 29.8 Å². The fourth-order valence-electron chi connectivity index (χ4n) is 2.45. The molecule has 0 saturated carbocycles. The lowest BCUT2D eigenvalue weighted by molar-refractivity contribution is -0.121. The molecule has 0 aliphatic carbocycles. The fraction of sp³-hybridized carbons (Fsp3) is 0.467. The van der Waals surface area contributed by atoms with Gasteiger partial charge < -0.3 is 4.90 Å². The Bertz CT molecular complexity index is 442. The zero-order valence-electron chi connectivity index (χ0n) is 11.0. The molecule has 1 fully saturated rings. The summed E-state index contributed by atoms with van der Waals surface area (Å²) in [6.07, 6.45) is 1.87. The van der Waals surface area contributed by atoms with E-state index in [2.05, 4.69) is 4.90 Å². The van der Waals surface area contributed by atoms with E-state index in [1.165, 1.54) is 0 Å². The van der Waals surface area contributed by atoms with E-state index in [9.17, 15) is 9.59 Å². The van der Waals surface area contributed by atoms with Gasteiger partial charge in [-0.05, 0) is 51.0 Å². The van der Waals surface area contributed by atoms with Gasteiger partial charge in [0.05, 0.1) is 0 Å². The predicted octanol–water partition coefficient (Wildman–Crippen LogP) is 2.69. The van der Waals surface area contributed by atoms with Crippen molar-refractivity contribution in [3.63, 3.8) is 0 Å². The molecule has 0 bridgehead atoms. The monoisotopic (exact) mass is 245 g/mol. The van der Waals surface area contributed by atoms with Crippen LogP contribution in [0.25, 0.3) is 0 Å². The number of ketones is 2. The number of piperidine rings is 1. The minimum atomic E-state index is 0.0943. The first kappa shape index (κ1) is 12.8. The molecular weight excluding hydrogens is 226 g/mol. The molecular formula is C15H19NO2. The third kappa shape index (κ3) is 2.78. The first-order chi connectivity index (χ1) is 8.58. The van der Waals surface area contributed by atoms with Crippen molar-refractivity contribution >= 4 is 17.3 Å². The number of Topliss-reactive ketones (excluding diaryl/α,β-unsaturated/α-hetero) is 2. The predicted molar refractivity (Wildman–Crippen MR) is 72.1 cm³/mol. The molecule has 1 heterocycles. The van der Waals surface area contributed by atoms with Gasteiger partial charge in [-0.1, -0.05) is 0 Å². The number of rotatable bonds is 3. The standard InChI is InChI=1S/C15H19NO2/c1-11(17)13-3-5-15(6-4-13)16-9-7-14(8-10-16)12(2)18/h3-6,14H,7-10H2,1-2H3. The lowest BCUT2D eigenvalue weighted by Crippen LogP contribution is -2.35. The number of anilines is 1. The van der Waals surface area contributed by atoms with Gasteiger partial charge in [0.15, 0.2) is 5.78 Å². The van der Waals surface area contributed by atoms with Crippen LogP contribution < -0.4 is 4.90 Å². The smallest absolute Gasteiger partial charge is 0.159 e. The summed E-state index contributed by atoms with van der Waals surface area (Å²) >= 11 is 0. The van der Waals surface area contributed by atoms with Crippen molar-refractivity contribution in [3.8, 4) is 0 Å². The summed E-state index contributed by atoms with van der Waals surface area (Å²) in [5.41, 5.74) is 1.89. The summed E-state index contributed by atoms with van der Waals surface area (Å²) in [7, 11) is 0. The Labute approximate surface area is 108 Å². The topological polar surface area (TPSA) is 37.4 Å². The van der Waals surface area contributed by atoms with Crippen molar-refractivity contribution in [2.45, 2.75) is 26.7 Å². The molecule has 18 heavy (non-hydrogen) atoms. The van der Waals surface area contributed by atoms with Crippen LogP contribution in [0.3, 0.4) is 0 Å². The van der Waals surface area contributed by atoms with Gasteiger partial charge in [-0.25, -0.2) is 0 Å². The fourth-order valence-corrected chi connectivity index (χ4v) is 2.45. The molecule has 3 heteroatoms. The molecule has 1 aromatic carbocycles.